The number of carbonyl (C=O) groups is 1. The molecule has 0 aliphatic heterocycles. The predicted octanol–water partition coefficient (Wildman–Crippen LogP) is 1.38. The third-order valence-electron chi connectivity index (χ3n) is 2.09. The number of aliphatic hydroxyl groups is 1. The summed E-state index contributed by atoms with van der Waals surface area (Å²) in [5.41, 5.74) is 0.236. The summed E-state index contributed by atoms with van der Waals surface area (Å²) < 4.78 is 10.3. The van der Waals surface area contributed by atoms with Crippen LogP contribution < -0.4 is 9.47 Å². The van der Waals surface area contributed by atoms with Gasteiger partial charge in [0.25, 0.3) is 0 Å². The van der Waals surface area contributed by atoms with Crippen molar-refractivity contribution in [2.45, 2.75) is 6.10 Å². The molecule has 1 aromatic carbocycles. The summed E-state index contributed by atoms with van der Waals surface area (Å²) >= 11 is 0. The number of rotatable bonds is 6. The molecule has 5 nitrogen and oxygen atoms in total. The van der Waals surface area contributed by atoms with Gasteiger partial charge in [0.1, 0.15) is 6.61 Å². The fourth-order valence-electron chi connectivity index (χ4n) is 1.26. The SMILES string of the molecule is C=CCOc1ccc(C(O)C(=O)O)cc1OC. The van der Waals surface area contributed by atoms with Crippen LogP contribution in [0.2, 0.25) is 0 Å². The molecule has 17 heavy (non-hydrogen) atoms. The minimum Gasteiger partial charge on any atom is -0.493 e. The van der Waals surface area contributed by atoms with Crippen LogP contribution in [0.15, 0.2) is 30.9 Å². The highest BCUT2D eigenvalue weighted by molar-refractivity contribution is 5.74. The average Bonchev–Trinajstić information content (AvgIpc) is 2.35. The van der Waals surface area contributed by atoms with Crippen molar-refractivity contribution < 1.29 is 24.5 Å². The largest absolute Gasteiger partial charge is 0.493 e. The molecule has 0 bridgehead atoms. The van der Waals surface area contributed by atoms with Gasteiger partial charge in [-0.25, -0.2) is 4.79 Å². The molecule has 1 unspecified atom stereocenters. The van der Waals surface area contributed by atoms with E-state index in [0.717, 1.165) is 0 Å². The molecule has 1 rings (SSSR count). The maximum absolute atomic E-state index is 10.6. The molecule has 0 heterocycles. The van der Waals surface area contributed by atoms with Crippen molar-refractivity contribution in [2.75, 3.05) is 13.7 Å². The third-order valence-corrected chi connectivity index (χ3v) is 2.09. The topological polar surface area (TPSA) is 76.0 Å². The van der Waals surface area contributed by atoms with Gasteiger partial charge in [0.15, 0.2) is 17.6 Å². The Morgan fingerprint density at radius 1 is 1.53 bits per heavy atom. The molecular formula is C12H14O5. The van der Waals surface area contributed by atoms with Gasteiger partial charge in [-0.1, -0.05) is 18.7 Å². The van der Waals surface area contributed by atoms with Crippen LogP contribution in [-0.2, 0) is 4.79 Å². The van der Waals surface area contributed by atoms with Gasteiger partial charge in [-0.2, -0.15) is 0 Å². The summed E-state index contributed by atoms with van der Waals surface area (Å²) in [4.78, 5) is 10.6. The van der Waals surface area contributed by atoms with Crippen LogP contribution in [0.5, 0.6) is 11.5 Å². The number of benzene rings is 1. The highest BCUT2D eigenvalue weighted by atomic mass is 16.5. The van der Waals surface area contributed by atoms with E-state index in [1.807, 2.05) is 0 Å². The summed E-state index contributed by atoms with van der Waals surface area (Å²) in [7, 11) is 1.44. The number of aliphatic carboxylic acids is 1. The lowest BCUT2D eigenvalue weighted by molar-refractivity contribution is -0.146. The molecule has 5 heteroatoms. The van der Waals surface area contributed by atoms with E-state index < -0.39 is 12.1 Å². The Balaban J connectivity index is 2.99. The number of carboxylic acids is 1. The van der Waals surface area contributed by atoms with Crippen LogP contribution in [0.1, 0.15) is 11.7 Å². The molecule has 0 amide bonds. The van der Waals surface area contributed by atoms with E-state index in [4.69, 9.17) is 14.6 Å². The second-order valence-corrected chi connectivity index (χ2v) is 3.25. The number of methoxy groups -OCH3 is 1. The average molecular weight is 238 g/mol. The second-order valence-electron chi connectivity index (χ2n) is 3.25. The smallest absolute Gasteiger partial charge is 0.337 e. The lowest BCUT2D eigenvalue weighted by Crippen LogP contribution is -2.10. The van der Waals surface area contributed by atoms with E-state index in [-0.39, 0.29) is 5.56 Å². The highest BCUT2D eigenvalue weighted by Gasteiger charge is 2.17. The van der Waals surface area contributed by atoms with Gasteiger partial charge in [0.05, 0.1) is 7.11 Å². The predicted molar refractivity (Wildman–Crippen MR) is 61.3 cm³/mol. The van der Waals surface area contributed by atoms with Crippen molar-refractivity contribution in [3.8, 4) is 11.5 Å². The molecule has 0 saturated heterocycles. The van der Waals surface area contributed by atoms with Gasteiger partial charge in [-0.05, 0) is 17.7 Å². The Morgan fingerprint density at radius 2 is 2.24 bits per heavy atom. The molecule has 2 N–H and O–H groups in total. The maximum atomic E-state index is 10.6. The van der Waals surface area contributed by atoms with Crippen molar-refractivity contribution in [2.24, 2.45) is 0 Å². The van der Waals surface area contributed by atoms with Gasteiger partial charge in [0, 0.05) is 0 Å². The molecule has 0 aromatic heterocycles. The van der Waals surface area contributed by atoms with Crippen LogP contribution in [0.4, 0.5) is 0 Å². The van der Waals surface area contributed by atoms with Crippen LogP contribution >= 0.6 is 0 Å². The zero-order chi connectivity index (χ0) is 12.8. The van der Waals surface area contributed by atoms with Crippen molar-refractivity contribution in [1.29, 1.82) is 0 Å². The highest BCUT2D eigenvalue weighted by Crippen LogP contribution is 2.30. The normalized spacial score (nSPS) is 11.6. The molecule has 1 atom stereocenters. The Labute approximate surface area is 98.9 Å². The van der Waals surface area contributed by atoms with Gasteiger partial charge >= 0.3 is 5.97 Å². The molecule has 0 saturated carbocycles. The fraction of sp³-hybridized carbons (Fsp3) is 0.250. The van der Waals surface area contributed by atoms with E-state index in [0.29, 0.717) is 18.1 Å². The van der Waals surface area contributed by atoms with E-state index in [1.165, 1.54) is 19.2 Å². The summed E-state index contributed by atoms with van der Waals surface area (Å²) in [6, 6.07) is 4.45. The Morgan fingerprint density at radius 3 is 2.76 bits per heavy atom. The summed E-state index contributed by atoms with van der Waals surface area (Å²) in [5.74, 6) is -0.481. The number of hydrogen-bond acceptors (Lipinski definition) is 4. The van der Waals surface area contributed by atoms with Crippen LogP contribution in [-0.4, -0.2) is 29.9 Å². The van der Waals surface area contributed by atoms with Crippen molar-refractivity contribution in [3.63, 3.8) is 0 Å². The van der Waals surface area contributed by atoms with Gasteiger partial charge < -0.3 is 19.7 Å². The molecule has 92 valence electrons. The van der Waals surface area contributed by atoms with E-state index in [2.05, 4.69) is 6.58 Å². The van der Waals surface area contributed by atoms with Crippen molar-refractivity contribution >= 4 is 5.97 Å². The van der Waals surface area contributed by atoms with Crippen LogP contribution in [0, 0.1) is 0 Å². The first-order valence-corrected chi connectivity index (χ1v) is 4.92. The molecular weight excluding hydrogens is 224 g/mol. The van der Waals surface area contributed by atoms with Gasteiger partial charge in [-0.3, -0.25) is 0 Å². The number of carboxylic acid groups (broad SMARTS) is 1. The number of hydrogen-bond donors (Lipinski definition) is 2. The zero-order valence-electron chi connectivity index (χ0n) is 9.42. The van der Waals surface area contributed by atoms with Crippen molar-refractivity contribution in [1.82, 2.24) is 0 Å². The Bertz CT molecular complexity index is 413. The molecule has 0 fully saturated rings. The van der Waals surface area contributed by atoms with Crippen LogP contribution in [0.25, 0.3) is 0 Å². The zero-order valence-corrected chi connectivity index (χ0v) is 9.42. The minimum absolute atomic E-state index is 0.236. The van der Waals surface area contributed by atoms with Gasteiger partial charge in [-0.15, -0.1) is 0 Å². The quantitative estimate of drug-likeness (QED) is 0.732. The third kappa shape index (κ3) is 3.22. The Hall–Kier alpha value is -2.01. The van der Waals surface area contributed by atoms with Crippen LogP contribution in [0.3, 0.4) is 0 Å². The first kappa shape index (κ1) is 13.1. The van der Waals surface area contributed by atoms with E-state index >= 15 is 0 Å². The summed E-state index contributed by atoms with van der Waals surface area (Å²) in [5, 5.41) is 18.0. The molecule has 0 aliphatic rings. The first-order chi connectivity index (χ1) is 8.10. The monoisotopic (exact) mass is 238 g/mol. The lowest BCUT2D eigenvalue weighted by Gasteiger charge is -2.12. The summed E-state index contributed by atoms with van der Waals surface area (Å²) in [6.45, 7) is 3.83. The molecule has 1 aromatic rings. The van der Waals surface area contributed by atoms with Gasteiger partial charge in [0.2, 0.25) is 0 Å². The Kier molecular flexibility index (Phi) is 4.54. The number of aliphatic hydroxyl groups excluding tert-OH is 1. The maximum Gasteiger partial charge on any atom is 0.337 e. The lowest BCUT2D eigenvalue weighted by atomic mass is 10.1. The first-order valence-electron chi connectivity index (χ1n) is 4.92. The fourth-order valence-corrected chi connectivity index (χ4v) is 1.26. The van der Waals surface area contributed by atoms with Crippen molar-refractivity contribution in [3.05, 3.63) is 36.4 Å². The molecule has 0 radical (unpaired) electrons. The minimum atomic E-state index is -1.57. The standard InChI is InChI=1S/C12H14O5/c1-3-6-17-9-5-4-8(7-10(9)16-2)11(13)12(14)15/h3-5,7,11,13H,1,6H2,2H3,(H,14,15). The second kappa shape index (κ2) is 5.91. The summed E-state index contributed by atoms with van der Waals surface area (Å²) in [6.07, 6.45) is 0.0109. The number of ether oxygens (including phenoxy) is 2. The van der Waals surface area contributed by atoms with E-state index in [9.17, 15) is 9.90 Å². The molecule has 0 spiro atoms. The van der Waals surface area contributed by atoms with E-state index in [1.54, 1.807) is 12.1 Å². The molecule has 0 aliphatic carbocycles.